The average Bonchev–Trinajstić information content (AvgIpc) is 2.45. The summed E-state index contributed by atoms with van der Waals surface area (Å²) in [6.07, 6.45) is 0.0649. The Labute approximate surface area is 113 Å². The van der Waals surface area contributed by atoms with Crippen molar-refractivity contribution in [1.82, 2.24) is 0 Å². The number of para-hydroxylation sites is 1. The summed E-state index contributed by atoms with van der Waals surface area (Å²) in [5.41, 5.74) is 9.48. The van der Waals surface area contributed by atoms with Crippen LogP contribution in [0.5, 0.6) is 0 Å². The van der Waals surface area contributed by atoms with E-state index in [1.807, 2.05) is 24.3 Å². The molecule has 19 heavy (non-hydrogen) atoms. The Hall–Kier alpha value is -2.29. The fraction of sp³-hybridized carbons (Fsp3) is 0.188. The zero-order chi connectivity index (χ0) is 13.2. The van der Waals surface area contributed by atoms with Gasteiger partial charge in [0, 0.05) is 17.8 Å². The van der Waals surface area contributed by atoms with Gasteiger partial charge in [-0.2, -0.15) is 0 Å². The topological polar surface area (TPSA) is 41.6 Å². The van der Waals surface area contributed by atoms with E-state index in [0.717, 1.165) is 17.8 Å². The van der Waals surface area contributed by atoms with Crippen LogP contribution in [0, 0.1) is 0 Å². The van der Waals surface area contributed by atoms with Crippen molar-refractivity contribution in [3.8, 4) is 0 Å². The van der Waals surface area contributed by atoms with Gasteiger partial charge in [0.25, 0.3) is 0 Å². The number of hydrogen-bond acceptors (Lipinski definition) is 3. The van der Waals surface area contributed by atoms with E-state index in [2.05, 4.69) is 47.1 Å². The van der Waals surface area contributed by atoms with E-state index in [-0.39, 0.29) is 6.17 Å². The predicted octanol–water partition coefficient (Wildman–Crippen LogP) is 2.76. The van der Waals surface area contributed by atoms with Gasteiger partial charge in [-0.1, -0.05) is 42.5 Å². The summed E-state index contributed by atoms with van der Waals surface area (Å²) < 4.78 is 0. The lowest BCUT2D eigenvalue weighted by Crippen LogP contribution is -2.38. The summed E-state index contributed by atoms with van der Waals surface area (Å²) >= 11 is 0. The van der Waals surface area contributed by atoms with Crippen molar-refractivity contribution in [2.75, 3.05) is 4.90 Å². The maximum Gasteiger partial charge on any atom is 0.130 e. The SMILES string of the molecule is CC1N=C(N)c2ccccc2N1Cc1ccccc1. The first-order valence-electron chi connectivity index (χ1n) is 6.49. The minimum Gasteiger partial charge on any atom is -0.383 e. The van der Waals surface area contributed by atoms with Gasteiger partial charge < -0.3 is 10.6 Å². The van der Waals surface area contributed by atoms with Gasteiger partial charge in [-0.25, -0.2) is 4.99 Å². The van der Waals surface area contributed by atoms with Crippen molar-refractivity contribution in [3.63, 3.8) is 0 Å². The van der Waals surface area contributed by atoms with Gasteiger partial charge >= 0.3 is 0 Å². The van der Waals surface area contributed by atoms with Crippen molar-refractivity contribution < 1.29 is 0 Å². The van der Waals surface area contributed by atoms with Gasteiger partial charge in [-0.05, 0) is 24.6 Å². The number of fused-ring (bicyclic) bond motifs is 1. The molecule has 0 aromatic heterocycles. The van der Waals surface area contributed by atoms with Crippen LogP contribution in [0.2, 0.25) is 0 Å². The van der Waals surface area contributed by atoms with Crippen LogP contribution < -0.4 is 10.6 Å². The summed E-state index contributed by atoms with van der Waals surface area (Å²) in [6.45, 7) is 2.92. The molecule has 3 rings (SSSR count). The van der Waals surface area contributed by atoms with Crippen LogP contribution in [0.15, 0.2) is 59.6 Å². The molecule has 3 nitrogen and oxygen atoms in total. The van der Waals surface area contributed by atoms with Crippen molar-refractivity contribution in [2.24, 2.45) is 10.7 Å². The average molecular weight is 251 g/mol. The minimum atomic E-state index is 0.0649. The van der Waals surface area contributed by atoms with Crippen LogP contribution in [-0.2, 0) is 6.54 Å². The number of benzene rings is 2. The van der Waals surface area contributed by atoms with E-state index in [1.165, 1.54) is 5.56 Å². The molecule has 0 saturated heterocycles. The standard InChI is InChI=1S/C16H17N3/c1-12-18-16(17)14-9-5-6-10-15(14)19(12)11-13-7-3-2-4-8-13/h2-10,12H,11H2,1H3,(H2,17,18). The fourth-order valence-corrected chi connectivity index (χ4v) is 2.48. The molecule has 2 aromatic rings. The number of amidine groups is 1. The molecule has 1 atom stereocenters. The summed E-state index contributed by atoms with van der Waals surface area (Å²) in [5, 5.41) is 0. The van der Waals surface area contributed by atoms with Gasteiger partial charge in [0.15, 0.2) is 0 Å². The summed E-state index contributed by atoms with van der Waals surface area (Å²) in [5.74, 6) is 0.632. The molecular weight excluding hydrogens is 234 g/mol. The Morgan fingerprint density at radius 3 is 2.53 bits per heavy atom. The van der Waals surface area contributed by atoms with Crippen LogP contribution >= 0.6 is 0 Å². The highest BCUT2D eigenvalue weighted by Crippen LogP contribution is 2.28. The molecular formula is C16H17N3. The molecule has 0 amide bonds. The first kappa shape index (κ1) is 11.8. The van der Waals surface area contributed by atoms with E-state index >= 15 is 0 Å². The summed E-state index contributed by atoms with van der Waals surface area (Å²) in [7, 11) is 0. The Morgan fingerprint density at radius 1 is 1.05 bits per heavy atom. The Balaban J connectivity index is 1.98. The third-order valence-electron chi connectivity index (χ3n) is 3.46. The van der Waals surface area contributed by atoms with Gasteiger partial charge in [0.1, 0.15) is 12.0 Å². The monoisotopic (exact) mass is 251 g/mol. The largest absolute Gasteiger partial charge is 0.383 e. The Bertz CT molecular complexity index is 604. The van der Waals surface area contributed by atoms with E-state index in [0.29, 0.717) is 5.84 Å². The highest BCUT2D eigenvalue weighted by molar-refractivity contribution is 6.04. The summed E-state index contributed by atoms with van der Waals surface area (Å²) in [6, 6.07) is 18.6. The zero-order valence-corrected chi connectivity index (χ0v) is 11.0. The van der Waals surface area contributed by atoms with Crippen molar-refractivity contribution in [2.45, 2.75) is 19.6 Å². The second kappa shape index (κ2) is 4.76. The number of nitrogens with two attached hydrogens (primary N) is 1. The molecule has 1 unspecified atom stereocenters. The van der Waals surface area contributed by atoms with Crippen molar-refractivity contribution >= 4 is 11.5 Å². The van der Waals surface area contributed by atoms with Gasteiger partial charge in [-0.3, -0.25) is 0 Å². The Morgan fingerprint density at radius 2 is 1.74 bits per heavy atom. The lowest BCUT2D eigenvalue weighted by molar-refractivity contribution is 0.650. The van der Waals surface area contributed by atoms with Crippen LogP contribution in [0.25, 0.3) is 0 Å². The lowest BCUT2D eigenvalue weighted by atomic mass is 10.1. The van der Waals surface area contributed by atoms with Crippen LogP contribution in [-0.4, -0.2) is 12.0 Å². The number of aliphatic imine (C=N–C) groups is 1. The molecule has 2 N–H and O–H groups in total. The Kier molecular flexibility index (Phi) is 2.95. The molecule has 0 bridgehead atoms. The van der Waals surface area contributed by atoms with Crippen molar-refractivity contribution in [1.29, 1.82) is 0 Å². The molecule has 0 spiro atoms. The van der Waals surface area contributed by atoms with Gasteiger partial charge in [0.05, 0.1) is 0 Å². The molecule has 3 heteroatoms. The number of nitrogens with zero attached hydrogens (tertiary/aromatic N) is 2. The minimum absolute atomic E-state index is 0.0649. The molecule has 0 aliphatic carbocycles. The van der Waals surface area contributed by atoms with Gasteiger partial charge in [-0.15, -0.1) is 0 Å². The van der Waals surface area contributed by atoms with Crippen molar-refractivity contribution in [3.05, 3.63) is 65.7 Å². The van der Waals surface area contributed by atoms with Crippen LogP contribution in [0.1, 0.15) is 18.1 Å². The highest BCUT2D eigenvalue weighted by atomic mass is 15.3. The second-order valence-corrected chi connectivity index (χ2v) is 4.78. The quantitative estimate of drug-likeness (QED) is 0.891. The molecule has 0 saturated carbocycles. The van der Waals surface area contributed by atoms with E-state index < -0.39 is 0 Å². The highest BCUT2D eigenvalue weighted by Gasteiger charge is 2.23. The molecule has 2 aromatic carbocycles. The molecule has 1 heterocycles. The number of rotatable bonds is 2. The summed E-state index contributed by atoms with van der Waals surface area (Å²) in [4.78, 5) is 6.80. The first-order chi connectivity index (χ1) is 9.25. The maximum atomic E-state index is 6.02. The third kappa shape index (κ3) is 2.19. The first-order valence-corrected chi connectivity index (χ1v) is 6.49. The van der Waals surface area contributed by atoms with Gasteiger partial charge in [0.2, 0.25) is 0 Å². The maximum absolute atomic E-state index is 6.02. The lowest BCUT2D eigenvalue weighted by Gasteiger charge is -2.34. The zero-order valence-electron chi connectivity index (χ0n) is 11.0. The van der Waals surface area contributed by atoms with E-state index in [4.69, 9.17) is 5.73 Å². The van der Waals surface area contributed by atoms with Crippen LogP contribution in [0.3, 0.4) is 0 Å². The van der Waals surface area contributed by atoms with Crippen LogP contribution in [0.4, 0.5) is 5.69 Å². The predicted molar refractivity (Wildman–Crippen MR) is 79.3 cm³/mol. The smallest absolute Gasteiger partial charge is 0.130 e. The molecule has 0 radical (unpaired) electrons. The molecule has 96 valence electrons. The number of anilines is 1. The second-order valence-electron chi connectivity index (χ2n) is 4.78. The van der Waals surface area contributed by atoms with E-state index in [9.17, 15) is 0 Å². The van der Waals surface area contributed by atoms with E-state index in [1.54, 1.807) is 0 Å². The fourth-order valence-electron chi connectivity index (χ4n) is 2.48. The molecule has 1 aliphatic heterocycles. The third-order valence-corrected chi connectivity index (χ3v) is 3.46. The molecule has 1 aliphatic rings. The molecule has 0 fully saturated rings. The normalized spacial score (nSPS) is 17.8. The number of hydrogen-bond donors (Lipinski definition) is 1.